The first-order valence-corrected chi connectivity index (χ1v) is 8.73. The lowest BCUT2D eigenvalue weighted by Crippen LogP contribution is -2.19. The van der Waals surface area contributed by atoms with Crippen molar-refractivity contribution in [1.29, 1.82) is 0 Å². The molecule has 0 unspecified atom stereocenters. The zero-order chi connectivity index (χ0) is 19.1. The molecule has 0 spiro atoms. The Bertz CT molecular complexity index is 873. The van der Waals surface area contributed by atoms with Gasteiger partial charge in [-0.3, -0.25) is 5.32 Å². The van der Waals surface area contributed by atoms with Crippen LogP contribution in [0.2, 0.25) is 0 Å². The van der Waals surface area contributed by atoms with E-state index < -0.39 is 6.03 Å². The number of carbonyl (C=O) groups excluding carboxylic acids is 1. The van der Waals surface area contributed by atoms with Crippen LogP contribution in [0.25, 0.3) is 0 Å². The third kappa shape index (κ3) is 5.50. The molecule has 7 nitrogen and oxygen atoms in total. The number of urea groups is 1. The lowest BCUT2D eigenvalue weighted by Gasteiger charge is -2.08. The second-order valence-electron chi connectivity index (χ2n) is 5.98. The van der Waals surface area contributed by atoms with E-state index >= 15 is 0 Å². The van der Waals surface area contributed by atoms with E-state index in [1.807, 2.05) is 0 Å². The number of hydrogen-bond donors (Lipinski definition) is 3. The molecule has 3 rings (SSSR count). The highest BCUT2D eigenvalue weighted by Gasteiger charge is 2.08. The number of ether oxygens (including phenoxy) is 1. The van der Waals surface area contributed by atoms with Crippen molar-refractivity contribution >= 4 is 17.5 Å². The topological polar surface area (TPSA) is 96.6 Å². The molecule has 1 heterocycles. The zero-order valence-electron chi connectivity index (χ0n) is 14.9. The Labute approximate surface area is 157 Å². The van der Waals surface area contributed by atoms with Crippen molar-refractivity contribution < 1.29 is 19.2 Å². The Hall–Kier alpha value is -3.48. The first-order chi connectivity index (χ1) is 13.1. The van der Waals surface area contributed by atoms with Gasteiger partial charge in [-0.05, 0) is 55.0 Å². The van der Waals surface area contributed by atoms with Gasteiger partial charge in [-0.15, -0.1) is 0 Å². The molecule has 0 aliphatic rings. The molecule has 0 saturated carbocycles. The average Bonchev–Trinajstić information content (AvgIpc) is 3.10. The summed E-state index contributed by atoms with van der Waals surface area (Å²) in [5.74, 6) is 2.53. The van der Waals surface area contributed by atoms with Crippen LogP contribution in [0.5, 0.6) is 17.2 Å². The lowest BCUT2D eigenvalue weighted by atomic mass is 10.2. The predicted octanol–water partition coefficient (Wildman–Crippen LogP) is 5.16. The summed E-state index contributed by atoms with van der Waals surface area (Å²) in [4.78, 5) is 12.1. The first kappa shape index (κ1) is 18.3. The minimum absolute atomic E-state index is 0.178. The molecule has 0 bridgehead atoms. The van der Waals surface area contributed by atoms with Crippen molar-refractivity contribution in [3.05, 3.63) is 60.4 Å². The number of amides is 2. The minimum Gasteiger partial charge on any atom is -0.508 e. The fourth-order valence-electron chi connectivity index (χ4n) is 2.38. The molecule has 7 heteroatoms. The van der Waals surface area contributed by atoms with Gasteiger partial charge in [0.25, 0.3) is 0 Å². The van der Waals surface area contributed by atoms with E-state index in [1.54, 1.807) is 54.6 Å². The number of aryl methyl sites for hydroxylation is 1. The van der Waals surface area contributed by atoms with Crippen LogP contribution in [0.15, 0.2) is 59.1 Å². The summed E-state index contributed by atoms with van der Waals surface area (Å²) in [7, 11) is 0. The van der Waals surface area contributed by atoms with Crippen LogP contribution in [-0.2, 0) is 6.42 Å². The fraction of sp³-hybridized carbons (Fsp3) is 0.200. The van der Waals surface area contributed by atoms with Crippen molar-refractivity contribution in [1.82, 2.24) is 5.16 Å². The number of carbonyl (C=O) groups is 1. The fourth-order valence-corrected chi connectivity index (χ4v) is 2.38. The number of aromatic nitrogens is 1. The molecule has 0 fully saturated rings. The molecule has 0 saturated heterocycles. The van der Waals surface area contributed by atoms with Gasteiger partial charge in [-0.1, -0.05) is 18.5 Å². The Morgan fingerprint density at radius 1 is 1.07 bits per heavy atom. The minimum atomic E-state index is -0.405. The van der Waals surface area contributed by atoms with E-state index in [0.29, 0.717) is 23.0 Å². The number of aromatic hydroxyl groups is 1. The van der Waals surface area contributed by atoms with Crippen LogP contribution in [0, 0.1) is 0 Å². The lowest BCUT2D eigenvalue weighted by molar-refractivity contribution is 0.262. The van der Waals surface area contributed by atoms with Gasteiger partial charge in [0, 0.05) is 18.2 Å². The number of nitrogens with one attached hydrogen (secondary N) is 2. The van der Waals surface area contributed by atoms with Gasteiger partial charge in [0.1, 0.15) is 23.0 Å². The first-order valence-electron chi connectivity index (χ1n) is 8.73. The highest BCUT2D eigenvalue weighted by molar-refractivity contribution is 5.99. The van der Waals surface area contributed by atoms with Crippen LogP contribution < -0.4 is 15.4 Å². The molecule has 1 aromatic heterocycles. The highest BCUT2D eigenvalue weighted by Crippen LogP contribution is 2.24. The Kier molecular flexibility index (Phi) is 5.94. The summed E-state index contributed by atoms with van der Waals surface area (Å²) in [6, 6.07) is 14.7. The van der Waals surface area contributed by atoms with Gasteiger partial charge in [-0.2, -0.15) is 0 Å². The molecule has 0 aliphatic carbocycles. The van der Waals surface area contributed by atoms with Crippen LogP contribution in [0.4, 0.5) is 16.3 Å². The highest BCUT2D eigenvalue weighted by atomic mass is 16.5. The molecule has 2 amide bonds. The summed E-state index contributed by atoms with van der Waals surface area (Å²) in [5.41, 5.74) is 0.611. The van der Waals surface area contributed by atoms with E-state index in [4.69, 9.17) is 9.26 Å². The molecule has 0 radical (unpaired) electrons. The van der Waals surface area contributed by atoms with Crippen molar-refractivity contribution in [2.45, 2.75) is 26.2 Å². The van der Waals surface area contributed by atoms with Gasteiger partial charge in [0.15, 0.2) is 5.82 Å². The van der Waals surface area contributed by atoms with E-state index in [2.05, 4.69) is 22.7 Å². The maximum absolute atomic E-state index is 12.1. The second kappa shape index (κ2) is 8.75. The Balaban J connectivity index is 1.52. The smallest absolute Gasteiger partial charge is 0.324 e. The predicted molar refractivity (Wildman–Crippen MR) is 102 cm³/mol. The number of phenolic OH excluding ortho intramolecular Hbond substituents is 1. The van der Waals surface area contributed by atoms with Crippen LogP contribution in [-0.4, -0.2) is 16.3 Å². The zero-order valence-corrected chi connectivity index (χ0v) is 14.9. The van der Waals surface area contributed by atoms with Crippen LogP contribution in [0.3, 0.4) is 0 Å². The van der Waals surface area contributed by atoms with E-state index in [9.17, 15) is 9.90 Å². The monoisotopic (exact) mass is 367 g/mol. The largest absolute Gasteiger partial charge is 0.508 e. The van der Waals surface area contributed by atoms with Crippen LogP contribution in [0.1, 0.15) is 25.5 Å². The molecule has 3 N–H and O–H groups in total. The molecule has 0 aliphatic heterocycles. The second-order valence-corrected chi connectivity index (χ2v) is 5.98. The van der Waals surface area contributed by atoms with Crippen LogP contribution >= 0.6 is 0 Å². The van der Waals surface area contributed by atoms with Gasteiger partial charge in [0.2, 0.25) is 0 Å². The quantitative estimate of drug-likeness (QED) is 0.536. The number of anilines is 2. The van der Waals surface area contributed by atoms with Gasteiger partial charge < -0.3 is 19.7 Å². The standard InChI is InChI=1S/C20H21N3O4/c1-2-3-4-18-13-19(23-27-18)22-20(25)21-14-5-9-16(10-6-14)26-17-11-7-15(24)8-12-17/h5-13,24H,2-4H2,1H3,(H2,21,22,23,25). The summed E-state index contributed by atoms with van der Waals surface area (Å²) in [6.45, 7) is 2.10. The summed E-state index contributed by atoms with van der Waals surface area (Å²) in [5, 5.41) is 18.5. The normalized spacial score (nSPS) is 10.4. The Morgan fingerprint density at radius 2 is 1.74 bits per heavy atom. The SMILES string of the molecule is CCCCc1cc(NC(=O)Nc2ccc(Oc3ccc(O)cc3)cc2)no1. The van der Waals surface area contributed by atoms with E-state index in [-0.39, 0.29) is 5.75 Å². The van der Waals surface area contributed by atoms with Crippen molar-refractivity contribution in [3.8, 4) is 17.2 Å². The number of nitrogens with zero attached hydrogens (tertiary/aromatic N) is 1. The third-order valence-corrected chi connectivity index (χ3v) is 3.76. The third-order valence-electron chi connectivity index (χ3n) is 3.76. The average molecular weight is 367 g/mol. The van der Waals surface area contributed by atoms with E-state index in [1.165, 1.54) is 0 Å². The summed E-state index contributed by atoms with van der Waals surface area (Å²) >= 11 is 0. The molecule has 0 atom stereocenters. The van der Waals surface area contributed by atoms with Gasteiger partial charge in [0.05, 0.1) is 0 Å². The summed E-state index contributed by atoms with van der Waals surface area (Å²) in [6.07, 6.45) is 2.88. The van der Waals surface area contributed by atoms with Crippen molar-refractivity contribution in [2.24, 2.45) is 0 Å². The molecule has 140 valence electrons. The maximum Gasteiger partial charge on any atom is 0.324 e. The molecule has 27 heavy (non-hydrogen) atoms. The number of rotatable bonds is 7. The Morgan fingerprint density at radius 3 is 2.41 bits per heavy atom. The molecular formula is C20H21N3O4. The molecule has 3 aromatic rings. The number of hydrogen-bond acceptors (Lipinski definition) is 5. The molecule has 2 aromatic carbocycles. The number of benzene rings is 2. The molecular weight excluding hydrogens is 346 g/mol. The van der Waals surface area contributed by atoms with Gasteiger partial charge >= 0.3 is 6.03 Å². The van der Waals surface area contributed by atoms with E-state index in [0.717, 1.165) is 25.0 Å². The van der Waals surface area contributed by atoms with Crippen molar-refractivity contribution in [3.63, 3.8) is 0 Å². The maximum atomic E-state index is 12.1. The summed E-state index contributed by atoms with van der Waals surface area (Å²) < 4.78 is 10.8. The number of phenols is 1. The van der Waals surface area contributed by atoms with Crippen molar-refractivity contribution in [2.75, 3.05) is 10.6 Å². The number of unbranched alkanes of at least 4 members (excludes halogenated alkanes) is 1. The van der Waals surface area contributed by atoms with Gasteiger partial charge in [-0.25, -0.2) is 4.79 Å².